The zero-order valence-electron chi connectivity index (χ0n) is 11.6. The van der Waals surface area contributed by atoms with Crippen LogP contribution in [0.3, 0.4) is 0 Å². The fourth-order valence-electron chi connectivity index (χ4n) is 2.28. The van der Waals surface area contributed by atoms with E-state index in [-0.39, 0.29) is 0 Å². The molecule has 0 bridgehead atoms. The summed E-state index contributed by atoms with van der Waals surface area (Å²) in [4.78, 5) is 2.40. The molecule has 2 aromatic rings. The number of rotatable bonds is 5. The molecular formula is C14H15Cl2N3S2. The number of hydrogen-bond acceptors (Lipinski definition) is 4. The first-order chi connectivity index (χ1) is 10.0. The van der Waals surface area contributed by atoms with Crippen LogP contribution in [-0.4, -0.2) is 20.7 Å². The molecule has 0 N–H and O–H groups in total. The summed E-state index contributed by atoms with van der Waals surface area (Å²) in [5.41, 5.74) is 1.16. The second-order valence-electron chi connectivity index (χ2n) is 5.25. The van der Waals surface area contributed by atoms with Gasteiger partial charge in [0.15, 0.2) is 3.95 Å². The van der Waals surface area contributed by atoms with E-state index < -0.39 is 0 Å². The van der Waals surface area contributed by atoms with Gasteiger partial charge in [-0.1, -0.05) is 40.6 Å². The average Bonchev–Trinajstić information content (AvgIpc) is 3.21. The Morgan fingerprint density at radius 3 is 2.71 bits per heavy atom. The lowest BCUT2D eigenvalue weighted by atomic mass is 10.2. The molecule has 3 nitrogen and oxygen atoms in total. The van der Waals surface area contributed by atoms with Gasteiger partial charge in [-0.15, -0.1) is 0 Å². The summed E-state index contributed by atoms with van der Waals surface area (Å²) in [5, 5.41) is 6.68. The van der Waals surface area contributed by atoms with Crippen LogP contribution in [0.25, 0.3) is 0 Å². The number of nitrogens with zero attached hydrogens (tertiary/aromatic N) is 3. The summed E-state index contributed by atoms with van der Waals surface area (Å²) in [7, 11) is 0. The van der Waals surface area contributed by atoms with Crippen LogP contribution >= 0.6 is 46.8 Å². The largest absolute Gasteiger partial charge is 0.277 e. The zero-order chi connectivity index (χ0) is 15.0. The highest BCUT2D eigenvalue weighted by Crippen LogP contribution is 2.30. The molecule has 3 rings (SSSR count). The molecular weight excluding hydrogens is 345 g/mol. The molecule has 0 radical (unpaired) electrons. The maximum Gasteiger partial charge on any atom is 0.180 e. The van der Waals surface area contributed by atoms with Crippen LogP contribution in [0, 0.1) is 10.9 Å². The molecule has 1 aliphatic carbocycles. The van der Waals surface area contributed by atoms with Crippen molar-refractivity contribution in [3.05, 3.63) is 42.8 Å². The first-order valence-corrected chi connectivity index (χ1v) is 8.73. The van der Waals surface area contributed by atoms with Crippen LogP contribution in [0.5, 0.6) is 0 Å². The van der Waals surface area contributed by atoms with Gasteiger partial charge < -0.3 is 0 Å². The van der Waals surface area contributed by atoms with E-state index in [9.17, 15) is 0 Å². The molecule has 112 valence electrons. The topological polar surface area (TPSA) is 21.1 Å². The Labute approximate surface area is 143 Å². The van der Waals surface area contributed by atoms with Gasteiger partial charge >= 0.3 is 0 Å². The number of aromatic nitrogens is 2. The molecule has 1 aromatic heterocycles. The van der Waals surface area contributed by atoms with Gasteiger partial charge in [-0.05, 0) is 49.7 Å². The fourth-order valence-corrected chi connectivity index (χ4v) is 3.66. The Kier molecular flexibility index (Phi) is 4.66. The van der Waals surface area contributed by atoms with Gasteiger partial charge in [0, 0.05) is 12.6 Å². The maximum absolute atomic E-state index is 6.10. The van der Waals surface area contributed by atoms with Crippen molar-refractivity contribution in [1.29, 1.82) is 0 Å². The summed E-state index contributed by atoms with van der Waals surface area (Å²) in [6, 6.07) is 6.42. The molecule has 0 amide bonds. The summed E-state index contributed by atoms with van der Waals surface area (Å²) in [5.74, 6) is 0. The number of benzene rings is 1. The van der Waals surface area contributed by atoms with Crippen molar-refractivity contribution in [2.75, 3.05) is 0 Å². The molecule has 1 aliphatic rings. The highest BCUT2D eigenvalue weighted by Gasteiger charge is 2.29. The predicted molar refractivity (Wildman–Crippen MR) is 90.7 cm³/mol. The van der Waals surface area contributed by atoms with Crippen molar-refractivity contribution in [2.24, 2.45) is 0 Å². The average molecular weight is 360 g/mol. The van der Waals surface area contributed by atoms with E-state index in [1.165, 1.54) is 12.8 Å². The number of halogens is 2. The lowest BCUT2D eigenvalue weighted by Crippen LogP contribution is -2.28. The summed E-state index contributed by atoms with van der Waals surface area (Å²) in [6.07, 6.45) is 2.47. The lowest BCUT2D eigenvalue weighted by molar-refractivity contribution is 0.187. The lowest BCUT2D eigenvalue weighted by Gasteiger charge is -2.22. The van der Waals surface area contributed by atoms with Crippen LogP contribution in [0.4, 0.5) is 0 Å². The standard InChI is InChI=1S/C14H15Cl2N3S2/c1-9-17-19(14(20)21-9)8-18(11-3-4-11)7-10-2-5-12(15)13(16)6-10/h2,5-6,11H,3-4,7-8H2,1H3. The third-order valence-electron chi connectivity index (χ3n) is 3.46. The minimum Gasteiger partial charge on any atom is -0.277 e. The van der Waals surface area contributed by atoms with Crippen molar-refractivity contribution in [3.63, 3.8) is 0 Å². The Balaban J connectivity index is 1.77. The number of hydrogen-bond donors (Lipinski definition) is 0. The number of aryl methyl sites for hydroxylation is 1. The molecule has 1 fully saturated rings. The van der Waals surface area contributed by atoms with Crippen LogP contribution in [0.1, 0.15) is 23.4 Å². The first kappa shape index (κ1) is 15.4. The summed E-state index contributed by atoms with van der Waals surface area (Å²) < 4.78 is 2.73. The maximum atomic E-state index is 6.10. The molecule has 1 heterocycles. The SMILES string of the molecule is Cc1nn(CN(Cc2ccc(Cl)c(Cl)c2)C2CC2)c(=S)s1. The smallest absolute Gasteiger partial charge is 0.180 e. The van der Waals surface area contributed by atoms with Crippen LogP contribution in [-0.2, 0) is 13.2 Å². The van der Waals surface area contributed by atoms with Crippen molar-refractivity contribution >= 4 is 46.8 Å². The van der Waals surface area contributed by atoms with Crippen molar-refractivity contribution < 1.29 is 0 Å². The summed E-state index contributed by atoms with van der Waals surface area (Å²) >= 11 is 19.0. The van der Waals surface area contributed by atoms with E-state index in [1.807, 2.05) is 29.8 Å². The van der Waals surface area contributed by atoms with E-state index >= 15 is 0 Å². The molecule has 1 aromatic carbocycles. The van der Waals surface area contributed by atoms with Crippen LogP contribution in [0.15, 0.2) is 18.2 Å². The Hall–Kier alpha value is -0.460. The van der Waals surface area contributed by atoms with Crippen LogP contribution < -0.4 is 0 Å². The molecule has 0 spiro atoms. The Morgan fingerprint density at radius 2 is 2.14 bits per heavy atom. The van der Waals surface area contributed by atoms with Crippen molar-refractivity contribution in [3.8, 4) is 0 Å². The van der Waals surface area contributed by atoms with E-state index in [4.69, 9.17) is 35.4 Å². The third-order valence-corrected chi connectivity index (χ3v) is 5.42. The molecule has 0 aliphatic heterocycles. The van der Waals surface area contributed by atoms with Gasteiger partial charge in [-0.25, -0.2) is 4.68 Å². The normalized spacial score (nSPS) is 14.9. The van der Waals surface area contributed by atoms with Crippen LogP contribution in [0.2, 0.25) is 10.0 Å². The minimum absolute atomic E-state index is 0.593. The molecule has 1 saturated carbocycles. The Morgan fingerprint density at radius 1 is 1.38 bits per heavy atom. The van der Waals surface area contributed by atoms with E-state index in [2.05, 4.69) is 10.00 Å². The molecule has 0 saturated heterocycles. The van der Waals surface area contributed by atoms with Crippen molar-refractivity contribution in [2.45, 2.75) is 39.0 Å². The monoisotopic (exact) mass is 359 g/mol. The van der Waals surface area contributed by atoms with Gasteiger partial charge in [-0.2, -0.15) is 5.10 Å². The molecule has 7 heteroatoms. The summed E-state index contributed by atoms with van der Waals surface area (Å²) in [6.45, 7) is 3.55. The predicted octanol–water partition coefficient (Wildman–Crippen LogP) is 4.91. The van der Waals surface area contributed by atoms with Gasteiger partial charge in [0.25, 0.3) is 0 Å². The van der Waals surface area contributed by atoms with Gasteiger partial charge in [0.1, 0.15) is 5.01 Å². The minimum atomic E-state index is 0.593. The first-order valence-electron chi connectivity index (χ1n) is 6.75. The molecule has 0 atom stereocenters. The Bertz CT molecular complexity index is 706. The fraction of sp³-hybridized carbons (Fsp3) is 0.429. The highest BCUT2D eigenvalue weighted by molar-refractivity contribution is 7.73. The highest BCUT2D eigenvalue weighted by atomic mass is 35.5. The molecule has 21 heavy (non-hydrogen) atoms. The van der Waals surface area contributed by atoms with E-state index in [0.29, 0.717) is 16.1 Å². The second-order valence-corrected chi connectivity index (χ2v) is 7.90. The second kappa shape index (κ2) is 6.34. The zero-order valence-corrected chi connectivity index (χ0v) is 14.7. The van der Waals surface area contributed by atoms with Gasteiger partial charge in [-0.3, -0.25) is 4.90 Å². The van der Waals surface area contributed by atoms with E-state index in [0.717, 1.165) is 27.7 Å². The van der Waals surface area contributed by atoms with Gasteiger partial charge in [0.2, 0.25) is 0 Å². The quantitative estimate of drug-likeness (QED) is 0.707. The van der Waals surface area contributed by atoms with Gasteiger partial charge in [0.05, 0.1) is 16.7 Å². The van der Waals surface area contributed by atoms with Crippen molar-refractivity contribution in [1.82, 2.24) is 14.7 Å². The third kappa shape index (κ3) is 3.85. The van der Waals surface area contributed by atoms with E-state index in [1.54, 1.807) is 11.3 Å². The molecule has 0 unspecified atom stereocenters.